The lowest BCUT2D eigenvalue weighted by Crippen LogP contribution is -2.06. The normalized spacial score (nSPS) is 12.9. The molecule has 1 aromatic rings. The molecule has 0 saturated heterocycles. The van der Waals surface area contributed by atoms with E-state index >= 15 is 0 Å². The fraction of sp³-hybridized carbons (Fsp3) is 0.333. The van der Waals surface area contributed by atoms with E-state index in [4.69, 9.17) is 4.55 Å². The van der Waals surface area contributed by atoms with Crippen molar-refractivity contribution in [3.8, 4) is 5.19 Å². The molecule has 0 aliphatic rings. The Morgan fingerprint density at radius 2 is 1.93 bits per heavy atom. The second-order valence-corrected chi connectivity index (χ2v) is 3.84. The predicted molar refractivity (Wildman–Crippen MR) is 37.1 cm³/mol. The smallest absolute Gasteiger partial charge is 0.329 e. The summed E-state index contributed by atoms with van der Waals surface area (Å²) in [7, 11) is -4.87. The van der Waals surface area contributed by atoms with E-state index in [-0.39, 0.29) is 11.3 Å². The van der Waals surface area contributed by atoms with Crippen LogP contribution in [0.3, 0.4) is 0 Å². The van der Waals surface area contributed by atoms with Crippen molar-refractivity contribution in [1.82, 2.24) is 10.2 Å². The van der Waals surface area contributed by atoms with Crippen LogP contribution < -0.4 is 4.18 Å². The predicted octanol–water partition coefficient (Wildman–Crippen LogP) is 0.738. The highest BCUT2D eigenvalue weighted by atomic mass is 32.3. The molecule has 0 fully saturated rings. The summed E-state index contributed by atoms with van der Waals surface area (Å²) in [5.74, 6) is 0. The Hall–Kier alpha value is -0.940. The van der Waals surface area contributed by atoms with Crippen molar-refractivity contribution in [2.45, 2.75) is 6.18 Å². The summed E-state index contributed by atoms with van der Waals surface area (Å²) in [6.45, 7) is 0. The molecule has 0 aliphatic carbocycles. The van der Waals surface area contributed by atoms with Crippen LogP contribution in [0.4, 0.5) is 13.2 Å². The Morgan fingerprint density at radius 3 is 2.29 bits per heavy atom. The molecule has 0 aliphatic heterocycles. The van der Waals surface area contributed by atoms with Gasteiger partial charge in [0, 0.05) is 0 Å². The number of halogens is 3. The minimum atomic E-state index is -4.87. The maximum atomic E-state index is 11.9. The summed E-state index contributed by atoms with van der Waals surface area (Å²) in [6.07, 6.45) is -4.72. The molecule has 0 aromatic carbocycles. The summed E-state index contributed by atoms with van der Waals surface area (Å²) in [6, 6.07) is 0. The first kappa shape index (κ1) is 11.1. The van der Waals surface area contributed by atoms with Crippen LogP contribution in [0.25, 0.3) is 0 Å². The van der Waals surface area contributed by atoms with Crippen LogP contribution in [-0.2, 0) is 16.6 Å². The summed E-state index contributed by atoms with van der Waals surface area (Å²) < 4.78 is 67.5. The summed E-state index contributed by atoms with van der Waals surface area (Å²) in [4.78, 5) is 0. The molecular formula is C3HF3N2O4S2. The lowest BCUT2D eigenvalue weighted by atomic mass is 10.7. The van der Waals surface area contributed by atoms with Gasteiger partial charge in [0.1, 0.15) is 0 Å². The molecule has 0 spiro atoms. The van der Waals surface area contributed by atoms with Crippen molar-refractivity contribution >= 4 is 21.7 Å². The topological polar surface area (TPSA) is 89.4 Å². The standard InChI is InChI=1S/C3HF3N2O4S2/c4-3(5,6)1-7-8-2(13-1)12-14(9,10)11/h(H,9,10,11). The number of alkyl halides is 3. The van der Waals surface area contributed by atoms with Crippen LogP contribution in [0.5, 0.6) is 5.19 Å². The lowest BCUT2D eigenvalue weighted by molar-refractivity contribution is -0.138. The van der Waals surface area contributed by atoms with E-state index in [9.17, 15) is 21.6 Å². The van der Waals surface area contributed by atoms with Crippen LogP contribution in [-0.4, -0.2) is 23.2 Å². The van der Waals surface area contributed by atoms with Gasteiger partial charge in [0.2, 0.25) is 5.01 Å². The molecule has 1 heterocycles. The molecule has 11 heteroatoms. The third kappa shape index (κ3) is 3.08. The summed E-state index contributed by atoms with van der Waals surface area (Å²) in [5.41, 5.74) is 0. The van der Waals surface area contributed by atoms with Gasteiger partial charge in [-0.15, -0.1) is 5.10 Å². The van der Waals surface area contributed by atoms with Gasteiger partial charge < -0.3 is 4.18 Å². The van der Waals surface area contributed by atoms with E-state index in [1.165, 1.54) is 0 Å². The molecule has 1 N–H and O–H groups in total. The molecule has 1 rings (SSSR count). The monoisotopic (exact) mass is 250 g/mol. The first-order valence-corrected chi connectivity index (χ1v) is 4.94. The minimum absolute atomic E-state index is 0.142. The maximum absolute atomic E-state index is 11.9. The van der Waals surface area contributed by atoms with Gasteiger partial charge in [-0.3, -0.25) is 4.55 Å². The molecule has 80 valence electrons. The van der Waals surface area contributed by atoms with E-state index in [0.29, 0.717) is 0 Å². The molecule has 0 atom stereocenters. The second kappa shape index (κ2) is 3.33. The highest BCUT2D eigenvalue weighted by molar-refractivity contribution is 7.81. The number of rotatable bonds is 2. The third-order valence-corrected chi connectivity index (χ3v) is 2.15. The number of aromatic nitrogens is 2. The van der Waals surface area contributed by atoms with Gasteiger partial charge >= 0.3 is 21.8 Å². The molecule has 0 radical (unpaired) electrons. The van der Waals surface area contributed by atoms with Gasteiger partial charge in [-0.2, -0.15) is 21.6 Å². The second-order valence-electron chi connectivity index (χ2n) is 1.88. The van der Waals surface area contributed by atoms with Crippen LogP contribution >= 0.6 is 11.3 Å². The Bertz CT molecular complexity index is 423. The Kier molecular flexibility index (Phi) is 2.65. The molecule has 0 amide bonds. The molecule has 0 saturated carbocycles. The Labute approximate surface area is 79.3 Å². The van der Waals surface area contributed by atoms with Gasteiger partial charge in [-0.05, 0) is 11.3 Å². The molecule has 0 unspecified atom stereocenters. The SMILES string of the molecule is O=S(=O)(O)Oc1nnc(C(F)(F)F)s1. The number of nitrogens with zero attached hydrogens (tertiary/aromatic N) is 2. The molecule has 1 aromatic heterocycles. The summed E-state index contributed by atoms with van der Waals surface area (Å²) in [5, 5.41) is 3.10. The highest BCUT2D eigenvalue weighted by Crippen LogP contribution is 2.34. The van der Waals surface area contributed by atoms with Crippen molar-refractivity contribution in [3.05, 3.63) is 5.01 Å². The van der Waals surface area contributed by atoms with Crippen molar-refractivity contribution in [1.29, 1.82) is 0 Å². The number of hydrogen-bond donors (Lipinski definition) is 1. The van der Waals surface area contributed by atoms with Crippen LogP contribution in [0.2, 0.25) is 0 Å². The average Bonchev–Trinajstić information content (AvgIpc) is 2.29. The zero-order chi connectivity index (χ0) is 11.0. The first-order valence-electron chi connectivity index (χ1n) is 2.76. The average molecular weight is 250 g/mol. The van der Waals surface area contributed by atoms with Crippen LogP contribution in [0.1, 0.15) is 5.01 Å². The maximum Gasteiger partial charge on any atom is 0.448 e. The molecule has 6 nitrogen and oxygen atoms in total. The molecule has 0 bridgehead atoms. The zero-order valence-corrected chi connectivity index (χ0v) is 7.65. The Balaban J connectivity index is 2.90. The van der Waals surface area contributed by atoms with Crippen molar-refractivity contribution < 1.29 is 30.3 Å². The number of hydrogen-bond acceptors (Lipinski definition) is 6. The molecular weight excluding hydrogens is 249 g/mol. The van der Waals surface area contributed by atoms with E-state index in [0.717, 1.165) is 0 Å². The van der Waals surface area contributed by atoms with Crippen molar-refractivity contribution in [2.75, 3.05) is 0 Å². The van der Waals surface area contributed by atoms with Gasteiger partial charge in [-0.1, -0.05) is 5.10 Å². The van der Waals surface area contributed by atoms with Crippen LogP contribution in [0.15, 0.2) is 0 Å². The van der Waals surface area contributed by atoms with Crippen LogP contribution in [0, 0.1) is 0 Å². The van der Waals surface area contributed by atoms with Crippen molar-refractivity contribution in [2.24, 2.45) is 0 Å². The Morgan fingerprint density at radius 1 is 1.36 bits per heavy atom. The minimum Gasteiger partial charge on any atom is -0.329 e. The zero-order valence-electron chi connectivity index (χ0n) is 6.02. The largest absolute Gasteiger partial charge is 0.448 e. The van der Waals surface area contributed by atoms with Gasteiger partial charge in [0.05, 0.1) is 0 Å². The van der Waals surface area contributed by atoms with E-state index in [2.05, 4.69) is 14.4 Å². The van der Waals surface area contributed by atoms with Crippen molar-refractivity contribution in [3.63, 3.8) is 0 Å². The van der Waals surface area contributed by atoms with E-state index in [1.807, 2.05) is 0 Å². The fourth-order valence-corrected chi connectivity index (χ4v) is 1.50. The van der Waals surface area contributed by atoms with E-state index in [1.54, 1.807) is 0 Å². The fourth-order valence-electron chi connectivity index (χ4n) is 0.448. The summed E-state index contributed by atoms with van der Waals surface area (Å²) >= 11 is -0.142. The highest BCUT2D eigenvalue weighted by Gasteiger charge is 2.36. The quantitative estimate of drug-likeness (QED) is 0.778. The van der Waals surface area contributed by atoms with Gasteiger partial charge in [-0.25, -0.2) is 0 Å². The van der Waals surface area contributed by atoms with E-state index < -0.39 is 26.8 Å². The lowest BCUT2D eigenvalue weighted by Gasteiger charge is -1.97. The van der Waals surface area contributed by atoms with Gasteiger partial charge in [0.25, 0.3) is 0 Å². The van der Waals surface area contributed by atoms with Gasteiger partial charge in [0.15, 0.2) is 0 Å². The molecule has 14 heavy (non-hydrogen) atoms. The third-order valence-electron chi connectivity index (χ3n) is 0.826. The first-order chi connectivity index (χ1) is 6.18.